The van der Waals surface area contributed by atoms with Crippen LogP contribution in [0.2, 0.25) is 5.02 Å². The minimum atomic E-state index is -4.16. The van der Waals surface area contributed by atoms with Crippen LogP contribution in [0.5, 0.6) is 0 Å². The van der Waals surface area contributed by atoms with E-state index in [1.165, 1.54) is 23.1 Å². The van der Waals surface area contributed by atoms with E-state index in [4.69, 9.17) is 11.6 Å². The minimum Gasteiger partial charge on any atom is -0.352 e. The Morgan fingerprint density at radius 2 is 1.56 bits per heavy atom. The zero-order valence-electron chi connectivity index (χ0n) is 23.2. The van der Waals surface area contributed by atoms with Gasteiger partial charge in [-0.1, -0.05) is 65.2 Å². The van der Waals surface area contributed by atoms with E-state index < -0.39 is 28.5 Å². The quantitative estimate of drug-likeness (QED) is 0.354. The van der Waals surface area contributed by atoms with Crippen molar-refractivity contribution in [1.29, 1.82) is 0 Å². The molecule has 0 aliphatic carbocycles. The summed E-state index contributed by atoms with van der Waals surface area (Å²) in [5, 5.41) is 3.20. The van der Waals surface area contributed by atoms with Gasteiger partial charge in [0.15, 0.2) is 0 Å². The van der Waals surface area contributed by atoms with Crippen molar-refractivity contribution in [3.05, 3.63) is 94.0 Å². The smallest absolute Gasteiger partial charge is 0.264 e. The highest BCUT2D eigenvalue weighted by atomic mass is 35.5. The third-order valence-electron chi connectivity index (χ3n) is 6.36. The van der Waals surface area contributed by atoms with Crippen molar-refractivity contribution in [2.24, 2.45) is 0 Å². The third kappa shape index (κ3) is 7.61. The van der Waals surface area contributed by atoms with Crippen LogP contribution < -0.4 is 9.62 Å². The first kappa shape index (κ1) is 30.2. The molecular formula is C30H36ClN3O4S. The predicted octanol–water partition coefficient (Wildman–Crippen LogP) is 5.40. The summed E-state index contributed by atoms with van der Waals surface area (Å²) in [6.45, 7) is 10.5. The van der Waals surface area contributed by atoms with Crippen LogP contribution in [0.25, 0.3) is 0 Å². The molecule has 0 aliphatic rings. The van der Waals surface area contributed by atoms with E-state index in [0.717, 1.165) is 21.0 Å². The molecule has 9 heteroatoms. The summed E-state index contributed by atoms with van der Waals surface area (Å²) in [6.07, 6.45) is 0. The molecule has 3 rings (SSSR count). The van der Waals surface area contributed by atoms with E-state index >= 15 is 0 Å². The normalized spacial score (nSPS) is 12.2. The maximum atomic E-state index is 14.0. The standard InChI is InChI=1S/C30H36ClN3O4S/c1-20(2)32-30(36)24(6)33(18-25-9-7-8-22(4)16-25)29(35)19-34(28-17-26(31)13-12-23(28)5)39(37,38)27-14-10-21(3)11-15-27/h7-17,20,24H,18-19H2,1-6H3,(H,32,36)/t24-/m1/s1. The van der Waals surface area contributed by atoms with Crippen molar-refractivity contribution >= 4 is 39.1 Å². The summed E-state index contributed by atoms with van der Waals surface area (Å²) >= 11 is 6.27. The first-order valence-electron chi connectivity index (χ1n) is 12.8. The molecular weight excluding hydrogens is 534 g/mol. The van der Waals surface area contributed by atoms with Gasteiger partial charge in [-0.3, -0.25) is 13.9 Å². The summed E-state index contributed by atoms with van der Waals surface area (Å²) in [6, 6.07) is 18.1. The second kappa shape index (κ2) is 12.7. The molecule has 0 heterocycles. The van der Waals surface area contributed by atoms with E-state index in [1.807, 2.05) is 52.0 Å². The van der Waals surface area contributed by atoms with Crippen LogP contribution in [-0.2, 0) is 26.2 Å². The summed E-state index contributed by atoms with van der Waals surface area (Å²) in [5.74, 6) is -0.837. The number of rotatable bonds is 10. The molecule has 0 radical (unpaired) electrons. The molecule has 0 saturated heterocycles. The van der Waals surface area contributed by atoms with Gasteiger partial charge in [-0.2, -0.15) is 0 Å². The number of hydrogen-bond donors (Lipinski definition) is 1. The van der Waals surface area contributed by atoms with Gasteiger partial charge in [-0.05, 0) is 76.9 Å². The van der Waals surface area contributed by atoms with E-state index in [2.05, 4.69) is 5.32 Å². The zero-order chi connectivity index (χ0) is 28.9. The number of nitrogens with zero attached hydrogens (tertiary/aromatic N) is 2. The SMILES string of the molecule is Cc1ccc(S(=O)(=O)N(CC(=O)N(Cc2cccc(C)c2)[C@H](C)C(=O)NC(C)C)c2cc(Cl)ccc2C)cc1. The van der Waals surface area contributed by atoms with E-state index in [1.54, 1.807) is 38.1 Å². The van der Waals surface area contributed by atoms with Crippen molar-refractivity contribution in [3.63, 3.8) is 0 Å². The predicted molar refractivity (Wildman–Crippen MR) is 156 cm³/mol. The molecule has 208 valence electrons. The van der Waals surface area contributed by atoms with Gasteiger partial charge < -0.3 is 10.2 Å². The Kier molecular flexibility index (Phi) is 9.80. The molecule has 1 atom stereocenters. The first-order valence-corrected chi connectivity index (χ1v) is 14.6. The number of aryl methyl sites for hydroxylation is 3. The van der Waals surface area contributed by atoms with E-state index in [9.17, 15) is 18.0 Å². The highest BCUT2D eigenvalue weighted by Gasteiger charge is 2.33. The Labute approximate surface area is 236 Å². The number of benzene rings is 3. The lowest BCUT2D eigenvalue weighted by Crippen LogP contribution is -2.52. The average Bonchev–Trinajstić information content (AvgIpc) is 2.86. The van der Waals surface area contributed by atoms with Crippen LogP contribution in [0.1, 0.15) is 43.0 Å². The van der Waals surface area contributed by atoms with E-state index in [-0.39, 0.29) is 23.4 Å². The second-order valence-corrected chi connectivity index (χ2v) is 12.4. The van der Waals surface area contributed by atoms with Gasteiger partial charge in [-0.15, -0.1) is 0 Å². The lowest BCUT2D eigenvalue weighted by molar-refractivity contribution is -0.139. The Bertz CT molecular complexity index is 1440. The largest absolute Gasteiger partial charge is 0.352 e. The van der Waals surface area contributed by atoms with Gasteiger partial charge in [0.05, 0.1) is 10.6 Å². The fourth-order valence-corrected chi connectivity index (χ4v) is 5.83. The van der Waals surface area contributed by atoms with Crippen LogP contribution in [-0.4, -0.2) is 43.8 Å². The monoisotopic (exact) mass is 569 g/mol. The molecule has 1 N–H and O–H groups in total. The molecule has 0 unspecified atom stereocenters. The fraction of sp³-hybridized carbons (Fsp3) is 0.333. The molecule has 39 heavy (non-hydrogen) atoms. The average molecular weight is 570 g/mol. The van der Waals surface area contributed by atoms with Gasteiger partial charge in [0.1, 0.15) is 12.6 Å². The molecule has 0 spiro atoms. The minimum absolute atomic E-state index is 0.0520. The van der Waals surface area contributed by atoms with Crippen LogP contribution >= 0.6 is 11.6 Å². The summed E-state index contributed by atoms with van der Waals surface area (Å²) in [5.41, 5.74) is 3.69. The number of carbonyl (C=O) groups excluding carboxylic acids is 2. The molecule has 0 saturated carbocycles. The molecule has 2 amide bonds. The summed E-state index contributed by atoms with van der Waals surface area (Å²) in [7, 11) is -4.16. The van der Waals surface area contributed by atoms with Crippen LogP contribution in [0.4, 0.5) is 5.69 Å². The third-order valence-corrected chi connectivity index (χ3v) is 8.37. The van der Waals surface area contributed by atoms with Gasteiger partial charge in [0.2, 0.25) is 11.8 Å². The number of hydrogen-bond acceptors (Lipinski definition) is 4. The Balaban J connectivity index is 2.08. The number of amides is 2. The van der Waals surface area contributed by atoms with Gasteiger partial charge in [0.25, 0.3) is 10.0 Å². The highest BCUT2D eigenvalue weighted by molar-refractivity contribution is 7.92. The highest BCUT2D eigenvalue weighted by Crippen LogP contribution is 2.30. The van der Waals surface area contributed by atoms with Gasteiger partial charge in [0, 0.05) is 17.6 Å². The van der Waals surface area contributed by atoms with Crippen molar-refractivity contribution in [2.75, 3.05) is 10.8 Å². The molecule has 7 nitrogen and oxygen atoms in total. The molecule has 0 fully saturated rings. The van der Waals surface area contributed by atoms with Crippen LogP contribution in [0.3, 0.4) is 0 Å². The van der Waals surface area contributed by atoms with E-state index in [0.29, 0.717) is 16.3 Å². The number of anilines is 1. The fourth-order valence-electron chi connectivity index (χ4n) is 4.20. The number of nitrogens with one attached hydrogen (secondary N) is 1. The van der Waals surface area contributed by atoms with Crippen LogP contribution in [0, 0.1) is 20.8 Å². The lowest BCUT2D eigenvalue weighted by Gasteiger charge is -2.33. The number of sulfonamides is 1. The Morgan fingerprint density at radius 1 is 0.897 bits per heavy atom. The topological polar surface area (TPSA) is 86.8 Å². The second-order valence-electron chi connectivity index (χ2n) is 10.1. The molecule has 3 aromatic rings. The van der Waals surface area contributed by atoms with Crippen LogP contribution in [0.15, 0.2) is 71.6 Å². The number of carbonyl (C=O) groups is 2. The van der Waals surface area contributed by atoms with Crippen molar-refractivity contribution in [3.8, 4) is 0 Å². The molecule has 0 bridgehead atoms. The number of halogens is 1. The summed E-state index contributed by atoms with van der Waals surface area (Å²) in [4.78, 5) is 28.5. The van der Waals surface area contributed by atoms with Crippen molar-refractivity contribution < 1.29 is 18.0 Å². The van der Waals surface area contributed by atoms with Crippen molar-refractivity contribution in [1.82, 2.24) is 10.2 Å². The van der Waals surface area contributed by atoms with Crippen molar-refractivity contribution in [2.45, 2.75) is 65.1 Å². The Hall–Kier alpha value is -3.36. The maximum absolute atomic E-state index is 14.0. The molecule has 0 aliphatic heterocycles. The van der Waals surface area contributed by atoms with Gasteiger partial charge >= 0.3 is 0 Å². The maximum Gasteiger partial charge on any atom is 0.264 e. The lowest BCUT2D eigenvalue weighted by atomic mass is 10.1. The molecule has 0 aromatic heterocycles. The summed E-state index contributed by atoms with van der Waals surface area (Å²) < 4.78 is 29.0. The first-order chi connectivity index (χ1) is 18.3. The Morgan fingerprint density at radius 3 is 2.18 bits per heavy atom. The molecule has 3 aromatic carbocycles. The van der Waals surface area contributed by atoms with Gasteiger partial charge in [-0.25, -0.2) is 8.42 Å². The zero-order valence-corrected chi connectivity index (χ0v) is 24.8.